The molecule has 0 aliphatic heterocycles. The van der Waals surface area contributed by atoms with Gasteiger partial charge in [-0.15, -0.1) is 0 Å². The molecule has 0 unspecified atom stereocenters. The van der Waals surface area contributed by atoms with Crippen molar-refractivity contribution in [1.29, 1.82) is 0 Å². The van der Waals surface area contributed by atoms with Crippen molar-refractivity contribution in [3.8, 4) is 17.2 Å². The zero-order chi connectivity index (χ0) is 21.1. The van der Waals surface area contributed by atoms with Crippen LogP contribution in [-0.2, 0) is 13.1 Å². The van der Waals surface area contributed by atoms with Crippen LogP contribution in [0.5, 0.6) is 0 Å². The van der Waals surface area contributed by atoms with E-state index in [4.69, 9.17) is 8.94 Å². The van der Waals surface area contributed by atoms with E-state index in [1.54, 1.807) is 49.4 Å². The Bertz CT molecular complexity index is 1290. The van der Waals surface area contributed by atoms with Gasteiger partial charge in [-0.2, -0.15) is 14.8 Å². The van der Waals surface area contributed by atoms with E-state index in [1.165, 1.54) is 6.26 Å². The highest BCUT2D eigenvalue weighted by molar-refractivity contribution is 5.89. The number of para-hydroxylation sites is 1. The van der Waals surface area contributed by atoms with Gasteiger partial charge >= 0.3 is 17.5 Å². The Hall–Kier alpha value is -4.28. The van der Waals surface area contributed by atoms with Crippen LogP contribution in [0.3, 0.4) is 0 Å². The maximum Gasteiger partial charge on any atom is 0.352 e. The minimum absolute atomic E-state index is 0.119. The van der Waals surface area contributed by atoms with Crippen LogP contribution in [-0.4, -0.2) is 30.4 Å². The lowest BCUT2D eigenvalue weighted by Gasteiger charge is -2.09. The van der Waals surface area contributed by atoms with Crippen molar-refractivity contribution in [1.82, 2.24) is 29.8 Å². The van der Waals surface area contributed by atoms with Gasteiger partial charge < -0.3 is 14.3 Å². The summed E-state index contributed by atoms with van der Waals surface area (Å²) in [5.41, 5.74) is -1.03. The van der Waals surface area contributed by atoms with Crippen molar-refractivity contribution in [3.05, 3.63) is 81.2 Å². The first-order chi connectivity index (χ1) is 14.6. The Labute approximate surface area is 168 Å². The summed E-state index contributed by atoms with van der Waals surface area (Å²) < 4.78 is 12.2. The van der Waals surface area contributed by atoms with E-state index in [1.807, 2.05) is 0 Å². The lowest BCUT2D eigenvalue weighted by atomic mass is 10.3. The quantitative estimate of drug-likeness (QED) is 0.498. The molecule has 0 aliphatic carbocycles. The second kappa shape index (κ2) is 7.99. The molecule has 11 heteroatoms. The Morgan fingerprint density at radius 1 is 1.13 bits per heavy atom. The lowest BCUT2D eigenvalue weighted by molar-refractivity contribution is 0.0904. The summed E-state index contributed by atoms with van der Waals surface area (Å²) in [7, 11) is 0. The van der Waals surface area contributed by atoms with E-state index in [0.29, 0.717) is 11.4 Å². The molecular formula is C19H16N6O5. The number of rotatable bonds is 6. The highest BCUT2D eigenvalue weighted by atomic mass is 16.5. The molecule has 30 heavy (non-hydrogen) atoms. The fourth-order valence-electron chi connectivity index (χ4n) is 2.74. The van der Waals surface area contributed by atoms with Gasteiger partial charge in [-0.05, 0) is 31.2 Å². The topological polar surface area (TPSA) is 138 Å². The lowest BCUT2D eigenvalue weighted by Crippen LogP contribution is -2.41. The van der Waals surface area contributed by atoms with Crippen molar-refractivity contribution >= 4 is 5.91 Å². The summed E-state index contributed by atoms with van der Waals surface area (Å²) in [6.07, 6.45) is 1.48. The van der Waals surface area contributed by atoms with Crippen molar-refractivity contribution in [2.24, 2.45) is 0 Å². The highest BCUT2D eigenvalue weighted by Crippen LogP contribution is 2.10. The third-order valence-corrected chi connectivity index (χ3v) is 4.21. The maximum atomic E-state index is 12.7. The molecule has 0 spiro atoms. The third kappa shape index (κ3) is 3.55. The van der Waals surface area contributed by atoms with Gasteiger partial charge in [0.05, 0.1) is 18.5 Å². The fourth-order valence-corrected chi connectivity index (χ4v) is 2.74. The zero-order valence-electron chi connectivity index (χ0n) is 15.8. The fraction of sp³-hybridized carbons (Fsp3) is 0.158. The molecule has 0 saturated carbocycles. The Morgan fingerprint density at radius 2 is 1.93 bits per heavy atom. The summed E-state index contributed by atoms with van der Waals surface area (Å²) >= 11 is 0. The number of carbonyl (C=O) groups is 1. The van der Waals surface area contributed by atoms with Crippen LogP contribution in [0.4, 0.5) is 0 Å². The van der Waals surface area contributed by atoms with Gasteiger partial charge in [-0.25, -0.2) is 4.79 Å². The number of nitrogens with one attached hydrogen (secondary N) is 1. The molecule has 0 bridgehead atoms. The number of furan rings is 1. The monoisotopic (exact) mass is 408 g/mol. The van der Waals surface area contributed by atoms with Crippen LogP contribution in [0.15, 0.2) is 67.3 Å². The molecule has 3 heterocycles. The van der Waals surface area contributed by atoms with Gasteiger partial charge in [0.15, 0.2) is 5.69 Å². The number of hydrogen-bond acceptors (Lipinski definition) is 8. The second-order valence-electron chi connectivity index (χ2n) is 6.11. The van der Waals surface area contributed by atoms with Gasteiger partial charge in [0.25, 0.3) is 5.56 Å². The molecule has 1 N–H and O–H groups in total. The molecular weight excluding hydrogens is 392 g/mol. The molecule has 0 saturated heterocycles. The largest absolute Gasteiger partial charge is 0.467 e. The smallest absolute Gasteiger partial charge is 0.352 e. The van der Waals surface area contributed by atoms with Crippen molar-refractivity contribution in [3.63, 3.8) is 0 Å². The first-order valence-electron chi connectivity index (χ1n) is 9.02. The van der Waals surface area contributed by atoms with Crippen molar-refractivity contribution in [2.75, 3.05) is 0 Å². The SMILES string of the molecule is CCn1c(=O)c(-c2noc(C(=O)NCc3ccco3)n2)nn(-c2ccccc2)c1=O. The van der Waals surface area contributed by atoms with E-state index in [-0.39, 0.29) is 30.5 Å². The number of benzene rings is 1. The summed E-state index contributed by atoms with van der Waals surface area (Å²) in [5, 5.41) is 10.4. The average Bonchev–Trinajstić information content (AvgIpc) is 3.46. The molecule has 152 valence electrons. The summed E-state index contributed by atoms with van der Waals surface area (Å²) in [5.74, 6) is -0.642. The van der Waals surface area contributed by atoms with Crippen molar-refractivity contribution in [2.45, 2.75) is 20.0 Å². The van der Waals surface area contributed by atoms with Crippen LogP contribution in [0.1, 0.15) is 23.4 Å². The zero-order valence-corrected chi connectivity index (χ0v) is 15.8. The minimum Gasteiger partial charge on any atom is -0.467 e. The molecule has 0 atom stereocenters. The van der Waals surface area contributed by atoms with Crippen LogP contribution in [0.2, 0.25) is 0 Å². The predicted molar refractivity (Wildman–Crippen MR) is 103 cm³/mol. The number of hydrogen-bond donors (Lipinski definition) is 1. The van der Waals surface area contributed by atoms with Gasteiger partial charge in [-0.3, -0.25) is 14.2 Å². The normalized spacial score (nSPS) is 10.8. The molecule has 4 aromatic rings. The maximum absolute atomic E-state index is 12.7. The Morgan fingerprint density at radius 3 is 2.63 bits per heavy atom. The first kappa shape index (κ1) is 19.1. The molecule has 1 amide bonds. The predicted octanol–water partition coefficient (Wildman–Crippen LogP) is 0.987. The van der Waals surface area contributed by atoms with Gasteiger partial charge in [0.1, 0.15) is 5.76 Å². The van der Waals surface area contributed by atoms with Gasteiger partial charge in [0.2, 0.25) is 5.82 Å². The molecule has 1 aromatic carbocycles. The number of carbonyl (C=O) groups excluding carboxylic acids is 1. The number of amides is 1. The number of aromatic nitrogens is 5. The average molecular weight is 408 g/mol. The second-order valence-corrected chi connectivity index (χ2v) is 6.11. The molecule has 0 aliphatic rings. The number of nitrogens with zero attached hydrogens (tertiary/aromatic N) is 5. The molecule has 11 nitrogen and oxygen atoms in total. The molecule has 3 aromatic heterocycles. The standard InChI is InChI=1S/C19H16N6O5/c1-2-24-18(27)14(22-25(19(24)28)12-7-4-3-5-8-12)15-21-17(30-23-15)16(26)20-11-13-9-6-10-29-13/h3-10H,2,11H2,1H3,(H,20,26). The molecule has 0 radical (unpaired) electrons. The molecule has 0 fully saturated rings. The highest BCUT2D eigenvalue weighted by Gasteiger charge is 2.22. The molecule has 4 rings (SSSR count). The van der Waals surface area contributed by atoms with Gasteiger partial charge in [0, 0.05) is 6.54 Å². The summed E-state index contributed by atoms with van der Waals surface area (Å²) in [6.45, 7) is 1.91. The minimum atomic E-state index is -0.682. The summed E-state index contributed by atoms with van der Waals surface area (Å²) in [6, 6.07) is 12.0. The third-order valence-electron chi connectivity index (χ3n) is 4.21. The first-order valence-corrected chi connectivity index (χ1v) is 9.02. The summed E-state index contributed by atoms with van der Waals surface area (Å²) in [4.78, 5) is 41.6. The van der Waals surface area contributed by atoms with E-state index >= 15 is 0 Å². The Balaban J connectivity index is 1.70. The van der Waals surface area contributed by atoms with Crippen LogP contribution < -0.4 is 16.6 Å². The van der Waals surface area contributed by atoms with Crippen molar-refractivity contribution < 1.29 is 13.7 Å². The van der Waals surface area contributed by atoms with Gasteiger partial charge in [-0.1, -0.05) is 23.4 Å². The van der Waals surface area contributed by atoms with Crippen LogP contribution in [0, 0.1) is 0 Å². The Kier molecular flexibility index (Phi) is 5.08. The van der Waals surface area contributed by atoms with E-state index in [2.05, 4.69) is 20.6 Å². The van der Waals surface area contributed by atoms with E-state index in [9.17, 15) is 14.4 Å². The van der Waals surface area contributed by atoms with E-state index < -0.39 is 17.2 Å². The van der Waals surface area contributed by atoms with Crippen LogP contribution >= 0.6 is 0 Å². The van der Waals surface area contributed by atoms with E-state index in [0.717, 1.165) is 9.25 Å². The van der Waals surface area contributed by atoms with Crippen LogP contribution in [0.25, 0.3) is 17.2 Å².